The Morgan fingerprint density at radius 2 is 1.62 bits per heavy atom. The first-order chi connectivity index (χ1) is 12.0. The Bertz CT molecular complexity index is 858. The van der Waals surface area contributed by atoms with E-state index in [4.69, 9.17) is 16.3 Å². The maximum atomic E-state index is 12.2. The fourth-order valence-electron chi connectivity index (χ4n) is 2.06. The van der Waals surface area contributed by atoms with Gasteiger partial charge in [-0.1, -0.05) is 11.6 Å². The second-order valence-corrected chi connectivity index (χ2v) is 8.79. The van der Waals surface area contributed by atoms with E-state index in [0.29, 0.717) is 16.5 Å². The van der Waals surface area contributed by atoms with E-state index in [9.17, 15) is 13.2 Å². The molecule has 140 valence electrons. The van der Waals surface area contributed by atoms with Crippen molar-refractivity contribution in [2.45, 2.75) is 31.2 Å². The fraction of sp³-hybridized carbons (Fsp3) is 0.278. The molecule has 0 unspecified atom stereocenters. The number of rotatable bonds is 6. The summed E-state index contributed by atoms with van der Waals surface area (Å²) >= 11 is 5.78. The maximum Gasteiger partial charge on any atom is 0.262 e. The molecular weight excluding hydrogens is 376 g/mol. The Morgan fingerprint density at radius 3 is 2.15 bits per heavy atom. The predicted octanol–water partition coefficient (Wildman–Crippen LogP) is 3.43. The van der Waals surface area contributed by atoms with E-state index < -0.39 is 15.6 Å². The highest BCUT2D eigenvalue weighted by molar-refractivity contribution is 7.89. The minimum atomic E-state index is -3.61. The smallest absolute Gasteiger partial charge is 0.262 e. The van der Waals surface area contributed by atoms with E-state index in [1.165, 1.54) is 24.3 Å². The van der Waals surface area contributed by atoms with Crippen molar-refractivity contribution in [3.63, 3.8) is 0 Å². The molecule has 0 saturated heterocycles. The van der Waals surface area contributed by atoms with Crippen molar-refractivity contribution in [2.75, 3.05) is 11.9 Å². The normalized spacial score (nSPS) is 11.8. The Morgan fingerprint density at radius 1 is 1.04 bits per heavy atom. The van der Waals surface area contributed by atoms with Gasteiger partial charge in [-0.3, -0.25) is 4.79 Å². The quantitative estimate of drug-likeness (QED) is 0.783. The molecule has 0 aliphatic rings. The summed E-state index contributed by atoms with van der Waals surface area (Å²) in [4.78, 5) is 12.0. The van der Waals surface area contributed by atoms with E-state index >= 15 is 0 Å². The molecule has 6 nitrogen and oxygen atoms in total. The molecule has 2 N–H and O–H groups in total. The van der Waals surface area contributed by atoms with E-state index in [0.717, 1.165) is 0 Å². The number of halogens is 1. The summed E-state index contributed by atoms with van der Waals surface area (Å²) in [6.45, 7) is 5.10. The minimum Gasteiger partial charge on any atom is -0.484 e. The van der Waals surface area contributed by atoms with E-state index in [-0.39, 0.29) is 17.4 Å². The first kappa shape index (κ1) is 20.2. The van der Waals surface area contributed by atoms with E-state index in [2.05, 4.69) is 10.0 Å². The highest BCUT2D eigenvalue weighted by Gasteiger charge is 2.21. The summed E-state index contributed by atoms with van der Waals surface area (Å²) in [6, 6.07) is 12.6. The van der Waals surface area contributed by atoms with Crippen LogP contribution in [0.3, 0.4) is 0 Å². The molecule has 0 spiro atoms. The van der Waals surface area contributed by atoms with Crippen molar-refractivity contribution in [2.24, 2.45) is 0 Å². The van der Waals surface area contributed by atoms with Gasteiger partial charge in [-0.2, -0.15) is 0 Å². The van der Waals surface area contributed by atoms with E-state index in [1.807, 2.05) is 0 Å². The summed E-state index contributed by atoms with van der Waals surface area (Å²) in [5, 5.41) is 3.25. The Hall–Kier alpha value is -2.09. The van der Waals surface area contributed by atoms with Gasteiger partial charge < -0.3 is 10.1 Å². The number of anilines is 1. The Kier molecular flexibility index (Phi) is 6.28. The zero-order chi connectivity index (χ0) is 19.4. The third-order valence-corrected chi connectivity index (χ3v) is 5.10. The molecule has 0 aromatic heterocycles. The number of carbonyl (C=O) groups excluding carboxylic acids is 1. The first-order valence-electron chi connectivity index (χ1n) is 7.87. The van der Waals surface area contributed by atoms with Gasteiger partial charge in [-0.15, -0.1) is 0 Å². The van der Waals surface area contributed by atoms with Crippen LogP contribution in [-0.2, 0) is 14.8 Å². The van der Waals surface area contributed by atoms with Gasteiger partial charge >= 0.3 is 0 Å². The summed E-state index contributed by atoms with van der Waals surface area (Å²) in [7, 11) is -3.61. The lowest BCUT2D eigenvalue weighted by atomic mass is 10.1. The molecule has 0 saturated carbocycles. The number of ether oxygens (including phenoxy) is 1. The molecule has 0 aliphatic heterocycles. The molecule has 0 aliphatic carbocycles. The largest absolute Gasteiger partial charge is 0.484 e. The number of benzene rings is 2. The summed E-state index contributed by atoms with van der Waals surface area (Å²) in [5.74, 6) is 0.0596. The monoisotopic (exact) mass is 396 g/mol. The zero-order valence-electron chi connectivity index (χ0n) is 14.7. The standard InChI is InChI=1S/C18H21ClN2O4S/c1-18(2,3)21-26(23,24)16-10-8-15(9-11-16)25-12-17(22)20-14-6-4-13(19)5-7-14/h4-11,21H,12H2,1-3H3,(H,20,22). The van der Waals surface area contributed by atoms with Crippen LogP contribution in [0.15, 0.2) is 53.4 Å². The molecule has 0 atom stereocenters. The third kappa shape index (κ3) is 6.33. The predicted molar refractivity (Wildman–Crippen MR) is 102 cm³/mol. The molecule has 0 bridgehead atoms. The maximum absolute atomic E-state index is 12.2. The van der Waals surface area contributed by atoms with Crippen LogP contribution >= 0.6 is 11.6 Å². The number of sulfonamides is 1. The van der Waals surface area contributed by atoms with Crippen LogP contribution in [0.4, 0.5) is 5.69 Å². The van der Waals surface area contributed by atoms with Gasteiger partial charge in [-0.25, -0.2) is 13.1 Å². The molecule has 26 heavy (non-hydrogen) atoms. The lowest BCUT2D eigenvalue weighted by Crippen LogP contribution is -2.40. The summed E-state index contributed by atoms with van der Waals surface area (Å²) in [5.41, 5.74) is 0.0333. The van der Waals surface area contributed by atoms with Gasteiger partial charge in [0.25, 0.3) is 5.91 Å². The number of carbonyl (C=O) groups is 1. The molecule has 1 amide bonds. The molecular formula is C18H21ClN2O4S. The first-order valence-corrected chi connectivity index (χ1v) is 9.73. The zero-order valence-corrected chi connectivity index (χ0v) is 16.3. The van der Waals surface area contributed by atoms with Crippen molar-refractivity contribution in [1.82, 2.24) is 4.72 Å². The van der Waals surface area contributed by atoms with Crippen molar-refractivity contribution in [3.8, 4) is 5.75 Å². The number of amides is 1. The SMILES string of the molecule is CC(C)(C)NS(=O)(=O)c1ccc(OCC(=O)Nc2ccc(Cl)cc2)cc1. The average Bonchev–Trinajstić information content (AvgIpc) is 2.53. The number of hydrogen-bond acceptors (Lipinski definition) is 4. The highest BCUT2D eigenvalue weighted by Crippen LogP contribution is 2.18. The lowest BCUT2D eigenvalue weighted by molar-refractivity contribution is -0.118. The molecule has 8 heteroatoms. The number of nitrogens with one attached hydrogen (secondary N) is 2. The Balaban J connectivity index is 1.92. The van der Waals surface area contributed by atoms with Crippen molar-refractivity contribution in [1.29, 1.82) is 0 Å². The Labute approximate surface area is 158 Å². The van der Waals surface area contributed by atoms with Gasteiger partial charge in [0, 0.05) is 16.2 Å². The van der Waals surface area contributed by atoms with Gasteiger partial charge in [0.1, 0.15) is 5.75 Å². The van der Waals surface area contributed by atoms with Crippen LogP contribution in [0.25, 0.3) is 0 Å². The van der Waals surface area contributed by atoms with Crippen LogP contribution in [0, 0.1) is 0 Å². The average molecular weight is 397 g/mol. The number of hydrogen-bond donors (Lipinski definition) is 2. The second-order valence-electron chi connectivity index (χ2n) is 6.67. The van der Waals surface area contributed by atoms with Gasteiger partial charge in [0.2, 0.25) is 10.0 Å². The van der Waals surface area contributed by atoms with Crippen molar-refractivity contribution < 1.29 is 17.9 Å². The molecule has 0 fully saturated rings. The molecule has 2 rings (SSSR count). The lowest BCUT2D eigenvalue weighted by Gasteiger charge is -2.20. The van der Waals surface area contributed by atoms with Crippen LogP contribution < -0.4 is 14.8 Å². The highest BCUT2D eigenvalue weighted by atomic mass is 35.5. The van der Waals surface area contributed by atoms with Crippen molar-refractivity contribution in [3.05, 3.63) is 53.6 Å². The summed E-state index contributed by atoms with van der Waals surface area (Å²) in [6.07, 6.45) is 0. The van der Waals surface area contributed by atoms with Gasteiger partial charge in [-0.05, 0) is 69.3 Å². The van der Waals surface area contributed by atoms with Gasteiger partial charge in [0.05, 0.1) is 4.90 Å². The van der Waals surface area contributed by atoms with Crippen LogP contribution in [-0.4, -0.2) is 26.5 Å². The minimum absolute atomic E-state index is 0.130. The van der Waals surface area contributed by atoms with E-state index in [1.54, 1.807) is 45.0 Å². The topological polar surface area (TPSA) is 84.5 Å². The summed E-state index contributed by atoms with van der Waals surface area (Å²) < 4.78 is 32.4. The van der Waals surface area contributed by atoms with Crippen LogP contribution in [0.2, 0.25) is 5.02 Å². The van der Waals surface area contributed by atoms with Crippen LogP contribution in [0.1, 0.15) is 20.8 Å². The molecule has 0 radical (unpaired) electrons. The molecule has 2 aromatic rings. The molecule has 0 heterocycles. The van der Waals surface area contributed by atoms with Gasteiger partial charge in [0.15, 0.2) is 6.61 Å². The third-order valence-electron chi connectivity index (χ3n) is 3.07. The second kappa shape index (κ2) is 8.07. The van der Waals surface area contributed by atoms with Crippen LogP contribution in [0.5, 0.6) is 5.75 Å². The van der Waals surface area contributed by atoms with Crippen molar-refractivity contribution >= 4 is 33.2 Å². The molecule has 2 aromatic carbocycles. The fourth-order valence-corrected chi connectivity index (χ4v) is 3.60.